The zero-order chi connectivity index (χ0) is 30.0. The summed E-state index contributed by atoms with van der Waals surface area (Å²) in [6, 6.07) is 34.1. The molecule has 0 bridgehead atoms. The van der Waals surface area contributed by atoms with E-state index in [-0.39, 0.29) is 24.3 Å². The van der Waals surface area contributed by atoms with E-state index in [1.165, 1.54) is 0 Å². The molecule has 0 amide bonds. The molecule has 4 aromatic carbocycles. The van der Waals surface area contributed by atoms with Crippen molar-refractivity contribution in [1.29, 1.82) is 0 Å². The number of ether oxygens (including phenoxy) is 5. The largest absolute Gasteiger partial charge is 0.459 e. The van der Waals surface area contributed by atoms with Gasteiger partial charge in [-0.3, -0.25) is 0 Å². The van der Waals surface area contributed by atoms with Gasteiger partial charge in [-0.2, -0.15) is 0 Å². The summed E-state index contributed by atoms with van der Waals surface area (Å²) in [5.41, 5.74) is 1.60. The van der Waals surface area contributed by atoms with Crippen LogP contribution in [0.3, 0.4) is 0 Å². The molecule has 5 rings (SSSR count). The maximum Gasteiger partial charge on any atom is 0.338 e. The van der Waals surface area contributed by atoms with E-state index >= 15 is 0 Å². The van der Waals surface area contributed by atoms with E-state index in [1.807, 2.05) is 30.3 Å². The lowest BCUT2D eigenvalue weighted by Crippen LogP contribution is -2.62. The van der Waals surface area contributed by atoms with Crippen molar-refractivity contribution in [3.63, 3.8) is 0 Å². The molecule has 9 nitrogen and oxygen atoms in total. The third-order valence-corrected chi connectivity index (χ3v) is 6.79. The second kappa shape index (κ2) is 14.4. The van der Waals surface area contributed by atoms with Crippen molar-refractivity contribution >= 4 is 17.9 Å². The van der Waals surface area contributed by atoms with Crippen molar-refractivity contribution in [3.05, 3.63) is 144 Å². The van der Waals surface area contributed by atoms with Crippen molar-refractivity contribution in [2.24, 2.45) is 0 Å². The van der Waals surface area contributed by atoms with Gasteiger partial charge in [0.25, 0.3) is 0 Å². The van der Waals surface area contributed by atoms with E-state index in [2.05, 4.69) is 0 Å². The van der Waals surface area contributed by atoms with Gasteiger partial charge in [-0.1, -0.05) is 84.9 Å². The molecule has 1 heterocycles. The van der Waals surface area contributed by atoms with Crippen LogP contribution in [-0.4, -0.2) is 60.3 Å². The summed E-state index contributed by atoms with van der Waals surface area (Å²) in [4.78, 5) is 39.0. The first kappa shape index (κ1) is 29.7. The normalized spacial score (nSPS) is 21.4. The lowest BCUT2D eigenvalue weighted by Gasteiger charge is -2.43. The Morgan fingerprint density at radius 1 is 0.581 bits per heavy atom. The molecule has 4 aromatic rings. The van der Waals surface area contributed by atoms with Gasteiger partial charge < -0.3 is 28.8 Å². The molecule has 5 atom stereocenters. The van der Waals surface area contributed by atoms with Crippen LogP contribution >= 0.6 is 0 Å². The van der Waals surface area contributed by atoms with E-state index in [0.717, 1.165) is 5.56 Å². The average Bonchev–Trinajstić information content (AvgIpc) is 3.06. The highest BCUT2D eigenvalue weighted by atomic mass is 16.7. The molecule has 1 fully saturated rings. The van der Waals surface area contributed by atoms with E-state index in [1.54, 1.807) is 91.0 Å². The first-order chi connectivity index (χ1) is 21.0. The van der Waals surface area contributed by atoms with Crippen LogP contribution < -0.4 is 0 Å². The number of aliphatic hydroxyl groups is 1. The minimum atomic E-state index is -1.69. The molecule has 0 radical (unpaired) electrons. The zero-order valence-electron chi connectivity index (χ0n) is 23.1. The predicted molar refractivity (Wildman–Crippen MR) is 154 cm³/mol. The molecule has 1 saturated heterocycles. The standard InChI is InChI=1S/C34H30O9/c35-31(24-15-7-2-8-16-24)40-22-27-28(42-32(36)25-17-9-3-10-18-25)29(39-21-23-13-5-1-6-14-23)30(34(38)41-27)43-33(37)26-19-11-4-12-20-26/h1-20,27-30,34,38H,21-22H2/t27-,28+,29+,30-,34?/m1/s1. The molecule has 220 valence electrons. The third kappa shape index (κ3) is 7.72. The van der Waals surface area contributed by atoms with E-state index in [4.69, 9.17) is 23.7 Å². The first-order valence-electron chi connectivity index (χ1n) is 13.7. The van der Waals surface area contributed by atoms with Gasteiger partial charge in [0.1, 0.15) is 18.8 Å². The first-order valence-corrected chi connectivity index (χ1v) is 13.7. The van der Waals surface area contributed by atoms with E-state index in [0.29, 0.717) is 5.56 Å². The van der Waals surface area contributed by atoms with Gasteiger partial charge in [-0.25, -0.2) is 14.4 Å². The summed E-state index contributed by atoms with van der Waals surface area (Å²) in [6.07, 6.45) is -6.71. The summed E-state index contributed by atoms with van der Waals surface area (Å²) in [5, 5.41) is 11.1. The molecular formula is C34H30O9. The number of esters is 3. The Hall–Kier alpha value is -4.83. The van der Waals surface area contributed by atoms with Crippen LogP contribution in [0.15, 0.2) is 121 Å². The molecule has 0 saturated carbocycles. The van der Waals surface area contributed by atoms with Crippen LogP contribution in [0.1, 0.15) is 36.6 Å². The quantitative estimate of drug-likeness (QED) is 0.212. The highest BCUT2D eigenvalue weighted by molar-refractivity contribution is 5.90. The minimum Gasteiger partial charge on any atom is -0.459 e. The number of hydrogen-bond donors (Lipinski definition) is 1. The predicted octanol–water partition coefficient (Wildman–Crippen LogP) is 4.60. The highest BCUT2D eigenvalue weighted by Crippen LogP contribution is 2.30. The number of aliphatic hydroxyl groups excluding tert-OH is 1. The molecule has 0 aliphatic carbocycles. The molecule has 9 heteroatoms. The van der Waals surface area contributed by atoms with Crippen molar-refractivity contribution in [2.45, 2.75) is 37.3 Å². The van der Waals surface area contributed by atoms with Crippen LogP contribution in [0, 0.1) is 0 Å². The average molecular weight is 583 g/mol. The van der Waals surface area contributed by atoms with Gasteiger partial charge in [0.15, 0.2) is 18.5 Å². The Bertz CT molecular complexity index is 1480. The Morgan fingerprint density at radius 3 is 1.53 bits per heavy atom. The number of rotatable bonds is 10. The molecule has 1 unspecified atom stereocenters. The SMILES string of the molecule is O=C(OC[C@H]1OC(O)[C@H](OC(=O)c2ccccc2)[C@@H](OCc2ccccc2)[C@H]1OC(=O)c1ccccc1)c1ccccc1. The van der Waals surface area contributed by atoms with Crippen LogP contribution in [0.4, 0.5) is 0 Å². The fourth-order valence-electron chi connectivity index (χ4n) is 4.60. The summed E-state index contributed by atoms with van der Waals surface area (Å²) >= 11 is 0. The Kier molecular flexibility index (Phi) is 9.91. The van der Waals surface area contributed by atoms with E-state index < -0.39 is 48.6 Å². The third-order valence-electron chi connectivity index (χ3n) is 6.79. The van der Waals surface area contributed by atoms with Crippen molar-refractivity contribution in [2.75, 3.05) is 6.61 Å². The van der Waals surface area contributed by atoms with Gasteiger partial charge in [-0.05, 0) is 42.0 Å². The molecular weight excluding hydrogens is 552 g/mol. The molecule has 1 aliphatic rings. The fraction of sp³-hybridized carbons (Fsp3) is 0.206. The maximum absolute atomic E-state index is 13.3. The molecule has 0 aromatic heterocycles. The molecule has 1 aliphatic heterocycles. The lowest BCUT2D eigenvalue weighted by atomic mass is 9.97. The summed E-state index contributed by atoms with van der Waals surface area (Å²) in [5.74, 6) is -2.07. The Labute approximate surface area is 248 Å². The summed E-state index contributed by atoms with van der Waals surface area (Å²) in [7, 11) is 0. The van der Waals surface area contributed by atoms with Crippen molar-refractivity contribution in [1.82, 2.24) is 0 Å². The maximum atomic E-state index is 13.3. The smallest absolute Gasteiger partial charge is 0.338 e. The fourth-order valence-corrected chi connectivity index (χ4v) is 4.60. The summed E-state index contributed by atoms with van der Waals surface area (Å²) in [6.45, 7) is -0.352. The van der Waals surface area contributed by atoms with Gasteiger partial charge in [-0.15, -0.1) is 0 Å². The second-order valence-electron chi connectivity index (χ2n) is 9.76. The molecule has 43 heavy (non-hydrogen) atoms. The Morgan fingerprint density at radius 2 is 1.02 bits per heavy atom. The Balaban J connectivity index is 1.44. The molecule has 1 N–H and O–H groups in total. The number of carbonyl (C=O) groups is 3. The van der Waals surface area contributed by atoms with E-state index in [9.17, 15) is 19.5 Å². The number of hydrogen-bond acceptors (Lipinski definition) is 9. The van der Waals surface area contributed by atoms with Crippen LogP contribution in [-0.2, 0) is 30.3 Å². The number of carbonyl (C=O) groups excluding carboxylic acids is 3. The van der Waals surface area contributed by atoms with Crippen LogP contribution in [0.25, 0.3) is 0 Å². The second-order valence-corrected chi connectivity index (χ2v) is 9.76. The van der Waals surface area contributed by atoms with Gasteiger partial charge in [0.05, 0.1) is 23.3 Å². The van der Waals surface area contributed by atoms with Gasteiger partial charge in [0, 0.05) is 0 Å². The van der Waals surface area contributed by atoms with Crippen molar-refractivity contribution in [3.8, 4) is 0 Å². The monoisotopic (exact) mass is 582 g/mol. The number of benzene rings is 4. The minimum absolute atomic E-state index is 0.0352. The van der Waals surface area contributed by atoms with Gasteiger partial charge >= 0.3 is 17.9 Å². The van der Waals surface area contributed by atoms with Crippen LogP contribution in [0.5, 0.6) is 0 Å². The zero-order valence-corrected chi connectivity index (χ0v) is 23.1. The highest BCUT2D eigenvalue weighted by Gasteiger charge is 2.51. The molecule has 0 spiro atoms. The lowest BCUT2D eigenvalue weighted by molar-refractivity contribution is -0.294. The van der Waals surface area contributed by atoms with Gasteiger partial charge in [0.2, 0.25) is 0 Å². The van der Waals surface area contributed by atoms with Crippen LogP contribution in [0.2, 0.25) is 0 Å². The summed E-state index contributed by atoms with van der Waals surface area (Å²) < 4.78 is 29.1. The topological polar surface area (TPSA) is 118 Å². The van der Waals surface area contributed by atoms with Crippen molar-refractivity contribution < 1.29 is 43.2 Å².